The van der Waals surface area contributed by atoms with Gasteiger partial charge in [0.25, 0.3) is 0 Å². The first-order valence-electron chi connectivity index (χ1n) is 28.0. The Morgan fingerprint density at radius 1 is 0.564 bits per heavy atom. The maximum Gasteiger partial charge on any atom is 0.187 e. The van der Waals surface area contributed by atoms with Crippen molar-refractivity contribution in [3.8, 4) is 0 Å². The fraction of sp³-hybridized carbons (Fsp3) is 0.963. The van der Waals surface area contributed by atoms with Crippen molar-refractivity contribution in [3.05, 3.63) is 11.6 Å². The zero-order valence-corrected chi connectivity index (χ0v) is 46.1. The number of aliphatic hydroxyl groups excluding tert-OH is 15. The molecule has 0 aromatic rings. The number of rotatable bonds is 17. The van der Waals surface area contributed by atoms with Crippen LogP contribution in [-0.4, -0.2) is 255 Å². The Bertz CT molecular complexity index is 2020. The molecule has 8 aliphatic rings. The molecule has 0 aromatic carbocycles. The van der Waals surface area contributed by atoms with Crippen LogP contribution in [0.5, 0.6) is 0 Å². The van der Waals surface area contributed by atoms with Crippen molar-refractivity contribution in [2.75, 3.05) is 26.4 Å². The fourth-order valence-electron chi connectivity index (χ4n) is 15.7. The van der Waals surface area contributed by atoms with Gasteiger partial charge in [0.05, 0.1) is 50.3 Å². The molecule has 452 valence electrons. The molecule has 7 fully saturated rings. The van der Waals surface area contributed by atoms with Gasteiger partial charge in [0.15, 0.2) is 25.2 Å². The summed E-state index contributed by atoms with van der Waals surface area (Å²) in [6.07, 6.45) is -27.8. The molecule has 0 bridgehead atoms. The molecule has 4 saturated heterocycles. The van der Waals surface area contributed by atoms with Crippen LogP contribution in [0, 0.1) is 45.3 Å². The first-order chi connectivity index (χ1) is 36.5. The predicted octanol–water partition coefficient (Wildman–Crippen LogP) is -3.23. The summed E-state index contributed by atoms with van der Waals surface area (Å²) in [5.74, 6) is 0.293. The van der Waals surface area contributed by atoms with E-state index in [2.05, 4.69) is 47.6 Å². The zero-order chi connectivity index (χ0) is 57.5. The quantitative estimate of drug-likeness (QED) is 0.0637. The lowest BCUT2D eigenvalue weighted by Crippen LogP contribution is -2.67. The standard InChI is InChI=1S/C54H92O24/c1-22(23-15-16-52(6)30-12-10-24-25(54(30,8)31(59)17-53(23,52)7)11-14-32(50(24,2)3)75-46-41(67)37(63)34(60)26(18-55)71-46)9-13-33(51(4,5)70)76-49-45(39(65)36(62)28(20-57)73-49)78-48-43(69)40(66)44(29(21-58)74-48)77-47-42(68)38(64)35(61)27(19-56)72-47/h10,22-23,25-49,55-70H,9,11-21H2,1-8H3/t22-,23?,25?,26-,27-,28-,29-,30?,31-,32+,33-,34-,35-,36-,37+,38+,39+,40-,41-,42-,43-,44-,45-,46+,47+,48+,49+,52+,53-,54+/m1/s1. The second-order valence-electron chi connectivity index (χ2n) is 25.8. The SMILES string of the molecule is C[C@H](CC[C@@H](O[C@@H]1O[C@H](CO)[C@@H](O)[C@H](O)[C@H]1O[C@@H]1O[C@H](CO)[C@@H](O[C@@H]2O[C@H](CO)[C@@H](O)[C@H](O)[C@H]2O)[C@H](O)[C@H]1O)C(C)(C)O)C1CC[C@@]2(C)C3CC=C4C(CC[C@H](O[C@@H]5O[C@H](CO)[C@@H](O)[C@H](O)[C@H]5O)C4(C)C)[C@]3(C)[C@H](O)C[C@]12C. The van der Waals surface area contributed by atoms with Crippen LogP contribution in [-0.2, 0) is 37.9 Å². The van der Waals surface area contributed by atoms with Gasteiger partial charge >= 0.3 is 0 Å². The Hall–Kier alpha value is -1.22. The third-order valence-corrected chi connectivity index (χ3v) is 20.8. The Morgan fingerprint density at radius 3 is 1.58 bits per heavy atom. The fourth-order valence-corrected chi connectivity index (χ4v) is 15.7. The third-order valence-electron chi connectivity index (χ3n) is 20.8. The molecule has 0 spiro atoms. The van der Waals surface area contributed by atoms with E-state index in [1.54, 1.807) is 0 Å². The van der Waals surface area contributed by atoms with Crippen molar-refractivity contribution in [2.45, 2.75) is 253 Å². The molecule has 24 heteroatoms. The van der Waals surface area contributed by atoms with Crippen molar-refractivity contribution in [3.63, 3.8) is 0 Å². The van der Waals surface area contributed by atoms with Crippen LogP contribution in [0.1, 0.15) is 107 Å². The highest BCUT2D eigenvalue weighted by Gasteiger charge is 2.70. The molecule has 4 aliphatic heterocycles. The average molecular weight is 1130 g/mol. The summed E-state index contributed by atoms with van der Waals surface area (Å²) in [4.78, 5) is 0. The normalized spacial score (nSPS) is 51.4. The van der Waals surface area contributed by atoms with Crippen LogP contribution < -0.4 is 0 Å². The van der Waals surface area contributed by atoms with E-state index >= 15 is 0 Å². The molecule has 4 aliphatic carbocycles. The van der Waals surface area contributed by atoms with Gasteiger partial charge in [-0.3, -0.25) is 0 Å². The highest BCUT2D eigenvalue weighted by Crippen LogP contribution is 2.75. The Kier molecular flexibility index (Phi) is 19.1. The van der Waals surface area contributed by atoms with Gasteiger partial charge in [-0.15, -0.1) is 0 Å². The van der Waals surface area contributed by atoms with Crippen LogP contribution >= 0.6 is 0 Å². The van der Waals surface area contributed by atoms with Crippen molar-refractivity contribution >= 4 is 0 Å². The number of allylic oxidation sites excluding steroid dienone is 1. The number of aliphatic hydroxyl groups is 16. The van der Waals surface area contributed by atoms with Crippen molar-refractivity contribution in [1.29, 1.82) is 0 Å². The molecule has 30 atom stereocenters. The van der Waals surface area contributed by atoms with Gasteiger partial charge in [0.2, 0.25) is 0 Å². The number of hydrogen-bond acceptors (Lipinski definition) is 24. The van der Waals surface area contributed by atoms with Gasteiger partial charge in [-0.2, -0.15) is 0 Å². The van der Waals surface area contributed by atoms with E-state index in [0.717, 1.165) is 19.3 Å². The van der Waals surface area contributed by atoms with E-state index in [4.69, 9.17) is 37.9 Å². The van der Waals surface area contributed by atoms with E-state index in [1.165, 1.54) is 19.4 Å². The Labute approximate surface area is 455 Å². The van der Waals surface area contributed by atoms with Gasteiger partial charge in [-0.05, 0) is 99.7 Å². The second kappa shape index (κ2) is 23.7. The molecule has 8 rings (SSSR count). The summed E-state index contributed by atoms with van der Waals surface area (Å²) < 4.78 is 47.6. The van der Waals surface area contributed by atoms with E-state index < -0.39 is 184 Å². The van der Waals surface area contributed by atoms with Gasteiger partial charge in [0.1, 0.15) is 97.7 Å². The lowest BCUT2D eigenvalue weighted by molar-refractivity contribution is -0.389. The van der Waals surface area contributed by atoms with E-state index in [-0.39, 0.29) is 40.9 Å². The topological polar surface area (TPSA) is 398 Å². The minimum absolute atomic E-state index is 0.0171. The minimum atomic E-state index is -2.02. The smallest absolute Gasteiger partial charge is 0.187 e. The van der Waals surface area contributed by atoms with Crippen LogP contribution in [0.4, 0.5) is 0 Å². The van der Waals surface area contributed by atoms with Crippen LogP contribution in [0.25, 0.3) is 0 Å². The maximum atomic E-state index is 12.7. The van der Waals surface area contributed by atoms with Crippen LogP contribution in [0.2, 0.25) is 0 Å². The molecular weight excluding hydrogens is 1030 g/mol. The molecule has 78 heavy (non-hydrogen) atoms. The molecule has 3 unspecified atom stereocenters. The molecule has 0 amide bonds. The summed E-state index contributed by atoms with van der Waals surface area (Å²) in [5.41, 5.74) is -1.97. The highest BCUT2D eigenvalue weighted by atomic mass is 16.8. The first-order valence-corrected chi connectivity index (χ1v) is 28.0. The maximum absolute atomic E-state index is 12.7. The number of hydrogen-bond donors (Lipinski definition) is 16. The minimum Gasteiger partial charge on any atom is -0.394 e. The van der Waals surface area contributed by atoms with Crippen LogP contribution in [0.3, 0.4) is 0 Å². The molecule has 3 saturated carbocycles. The largest absolute Gasteiger partial charge is 0.394 e. The second-order valence-corrected chi connectivity index (χ2v) is 25.8. The molecule has 0 aromatic heterocycles. The monoisotopic (exact) mass is 1120 g/mol. The Balaban J connectivity index is 0.951. The zero-order valence-electron chi connectivity index (χ0n) is 46.1. The van der Waals surface area contributed by atoms with Gasteiger partial charge in [0, 0.05) is 10.8 Å². The van der Waals surface area contributed by atoms with E-state index in [0.29, 0.717) is 25.7 Å². The summed E-state index contributed by atoms with van der Waals surface area (Å²) in [7, 11) is 0. The van der Waals surface area contributed by atoms with Gasteiger partial charge < -0.3 is 120 Å². The number of fused-ring (bicyclic) bond motifs is 5. The highest BCUT2D eigenvalue weighted by molar-refractivity contribution is 5.32. The summed E-state index contributed by atoms with van der Waals surface area (Å²) in [5, 5.41) is 172. The van der Waals surface area contributed by atoms with Crippen LogP contribution in [0.15, 0.2) is 11.6 Å². The summed E-state index contributed by atoms with van der Waals surface area (Å²) in [6, 6.07) is 0. The van der Waals surface area contributed by atoms with Gasteiger partial charge in [-0.25, -0.2) is 0 Å². The molecule has 0 radical (unpaired) electrons. The molecule has 4 heterocycles. The average Bonchev–Trinajstić information content (AvgIpc) is 3.68. The lowest BCUT2D eigenvalue weighted by Gasteiger charge is -2.67. The molecule has 16 N–H and O–H groups in total. The van der Waals surface area contributed by atoms with Gasteiger partial charge in [-0.1, -0.05) is 53.2 Å². The Morgan fingerprint density at radius 2 is 1.04 bits per heavy atom. The number of ether oxygens (including phenoxy) is 8. The molecule has 24 nitrogen and oxygen atoms in total. The molecular formula is C54H92O24. The van der Waals surface area contributed by atoms with E-state index in [1.807, 2.05) is 0 Å². The predicted molar refractivity (Wildman–Crippen MR) is 268 cm³/mol. The lowest BCUT2D eigenvalue weighted by atomic mass is 9.38. The van der Waals surface area contributed by atoms with Crippen molar-refractivity contribution in [2.24, 2.45) is 45.3 Å². The van der Waals surface area contributed by atoms with E-state index in [9.17, 15) is 81.7 Å². The third kappa shape index (κ3) is 10.8. The van der Waals surface area contributed by atoms with Crippen molar-refractivity contribution < 1.29 is 120 Å². The summed E-state index contributed by atoms with van der Waals surface area (Å²) >= 11 is 0. The summed E-state index contributed by atoms with van der Waals surface area (Å²) in [6.45, 7) is 13.3. The first kappa shape index (κ1) is 62.8. The van der Waals surface area contributed by atoms with Crippen molar-refractivity contribution in [1.82, 2.24) is 0 Å².